The second-order valence-electron chi connectivity index (χ2n) is 7.39. The number of rotatable bonds is 6. The van der Waals surface area contributed by atoms with Crippen molar-refractivity contribution < 1.29 is 23.5 Å². The van der Waals surface area contributed by atoms with E-state index in [1.807, 2.05) is 0 Å². The van der Waals surface area contributed by atoms with E-state index in [4.69, 9.17) is 16.3 Å². The Labute approximate surface area is 179 Å². The number of carbonyl (C=O) groups is 3. The van der Waals surface area contributed by atoms with Gasteiger partial charge in [0, 0.05) is 24.1 Å². The van der Waals surface area contributed by atoms with Crippen molar-refractivity contribution in [2.24, 2.45) is 0 Å². The van der Waals surface area contributed by atoms with Crippen molar-refractivity contribution >= 4 is 29.3 Å². The highest BCUT2D eigenvalue weighted by atomic mass is 35.5. The Kier molecular flexibility index (Phi) is 6.87. The van der Waals surface area contributed by atoms with Crippen LogP contribution in [0, 0.1) is 5.82 Å². The molecule has 30 heavy (non-hydrogen) atoms. The molecular formula is C23H23ClFNO4. The van der Waals surface area contributed by atoms with Crippen molar-refractivity contribution in [3.63, 3.8) is 0 Å². The average Bonchev–Trinajstić information content (AvgIpc) is 2.74. The highest BCUT2D eigenvalue weighted by molar-refractivity contribution is 6.31. The number of halogens is 2. The van der Waals surface area contributed by atoms with Gasteiger partial charge in [-0.05, 0) is 43.0 Å². The van der Waals surface area contributed by atoms with E-state index in [0.717, 1.165) is 12.8 Å². The molecule has 1 aliphatic rings. The topological polar surface area (TPSA) is 63.7 Å². The number of hydrogen-bond acceptors (Lipinski definition) is 4. The summed E-state index contributed by atoms with van der Waals surface area (Å²) in [5.74, 6) is -1.57. The van der Waals surface area contributed by atoms with Crippen molar-refractivity contribution in [2.45, 2.75) is 37.6 Å². The zero-order valence-electron chi connectivity index (χ0n) is 16.7. The van der Waals surface area contributed by atoms with Gasteiger partial charge in [-0.3, -0.25) is 14.4 Å². The molecule has 2 aromatic rings. The minimum absolute atomic E-state index is 0.0738. The molecular weight excluding hydrogens is 409 g/mol. The van der Waals surface area contributed by atoms with E-state index in [0.29, 0.717) is 29.0 Å². The van der Waals surface area contributed by atoms with Crippen LogP contribution >= 0.6 is 11.6 Å². The normalized spacial score (nSPS) is 18.7. The minimum Gasteiger partial charge on any atom is -0.455 e. The summed E-state index contributed by atoms with van der Waals surface area (Å²) in [5.41, 5.74) is -0.00103. The number of likely N-dealkylation sites (N-methyl/N-ethyl adjacent to an activating group) is 1. The number of ketones is 1. The van der Waals surface area contributed by atoms with Crippen molar-refractivity contribution in [1.29, 1.82) is 0 Å². The number of benzene rings is 2. The Morgan fingerprint density at radius 1 is 1.13 bits per heavy atom. The molecule has 5 nitrogen and oxygen atoms in total. The highest BCUT2D eigenvalue weighted by Gasteiger charge is 2.47. The molecule has 0 heterocycles. The number of carbonyl (C=O) groups excluding carboxylic acids is 3. The first-order chi connectivity index (χ1) is 14.3. The third-order valence-corrected chi connectivity index (χ3v) is 5.87. The van der Waals surface area contributed by atoms with Crippen LogP contribution in [-0.4, -0.2) is 36.2 Å². The third kappa shape index (κ3) is 4.54. The molecule has 0 radical (unpaired) electrons. The number of Topliss-reactive ketones (excluding diaryl/α,β-unsaturated/α-hetero) is 1. The van der Waals surface area contributed by atoms with Gasteiger partial charge in [0.25, 0.3) is 5.91 Å². The lowest BCUT2D eigenvalue weighted by Crippen LogP contribution is -2.55. The molecule has 3 rings (SSSR count). The monoisotopic (exact) mass is 431 g/mol. The summed E-state index contributed by atoms with van der Waals surface area (Å²) >= 11 is 6.39. The lowest BCUT2D eigenvalue weighted by Gasteiger charge is -2.43. The predicted octanol–water partition coefficient (Wildman–Crippen LogP) is 4.06. The molecule has 0 spiro atoms. The highest BCUT2D eigenvalue weighted by Crippen LogP contribution is 2.42. The molecule has 0 N–H and O–H groups in total. The van der Waals surface area contributed by atoms with E-state index < -0.39 is 29.8 Å². The molecule has 0 aromatic heterocycles. The zero-order valence-corrected chi connectivity index (χ0v) is 17.5. The van der Waals surface area contributed by atoms with Gasteiger partial charge in [-0.15, -0.1) is 0 Å². The van der Waals surface area contributed by atoms with Gasteiger partial charge in [0.15, 0.2) is 12.4 Å². The van der Waals surface area contributed by atoms with Gasteiger partial charge in [-0.2, -0.15) is 0 Å². The van der Waals surface area contributed by atoms with Crippen LogP contribution in [0.1, 0.15) is 36.8 Å². The molecule has 1 amide bonds. The van der Waals surface area contributed by atoms with Crippen LogP contribution in [-0.2, 0) is 31.1 Å². The first-order valence-electron chi connectivity index (χ1n) is 9.79. The van der Waals surface area contributed by atoms with E-state index in [-0.39, 0.29) is 12.2 Å². The van der Waals surface area contributed by atoms with Gasteiger partial charge in [0.05, 0.1) is 6.42 Å². The lowest BCUT2D eigenvalue weighted by molar-refractivity contribution is -0.157. The summed E-state index contributed by atoms with van der Waals surface area (Å²) in [6.07, 6.45) is 2.28. The fourth-order valence-corrected chi connectivity index (χ4v) is 4.19. The van der Waals surface area contributed by atoms with Crippen LogP contribution < -0.4 is 0 Å². The molecule has 1 saturated carbocycles. The Hall–Kier alpha value is -2.73. The maximum Gasteiger partial charge on any atom is 0.310 e. The quantitative estimate of drug-likeness (QED) is 0.647. The van der Waals surface area contributed by atoms with Gasteiger partial charge >= 0.3 is 5.97 Å². The third-order valence-electron chi connectivity index (χ3n) is 5.54. The molecule has 0 aliphatic heterocycles. The van der Waals surface area contributed by atoms with Gasteiger partial charge in [-0.1, -0.05) is 41.9 Å². The molecule has 1 aliphatic carbocycles. The number of nitrogens with zero attached hydrogens (tertiary/aromatic N) is 1. The number of esters is 1. The summed E-state index contributed by atoms with van der Waals surface area (Å²) < 4.78 is 18.1. The summed E-state index contributed by atoms with van der Waals surface area (Å²) in [5, 5.41) is 0.417. The molecule has 2 aromatic carbocycles. The van der Waals surface area contributed by atoms with E-state index >= 15 is 0 Å². The average molecular weight is 432 g/mol. The van der Waals surface area contributed by atoms with Crippen LogP contribution in [0.2, 0.25) is 5.02 Å². The van der Waals surface area contributed by atoms with Crippen LogP contribution in [0.25, 0.3) is 0 Å². The van der Waals surface area contributed by atoms with Gasteiger partial charge < -0.3 is 9.64 Å². The predicted molar refractivity (Wildman–Crippen MR) is 110 cm³/mol. The fraction of sp³-hybridized carbons (Fsp3) is 0.348. The van der Waals surface area contributed by atoms with Crippen molar-refractivity contribution in [3.05, 3.63) is 70.5 Å². The van der Waals surface area contributed by atoms with Crippen LogP contribution in [0.5, 0.6) is 0 Å². The van der Waals surface area contributed by atoms with E-state index in [2.05, 4.69) is 0 Å². The Bertz CT molecular complexity index is 946. The summed E-state index contributed by atoms with van der Waals surface area (Å²) in [6.45, 7) is -0.490. The van der Waals surface area contributed by atoms with Crippen molar-refractivity contribution in [3.8, 4) is 0 Å². The Balaban J connectivity index is 1.73. The first kappa shape index (κ1) is 22.0. The number of ether oxygens (including phenoxy) is 1. The summed E-state index contributed by atoms with van der Waals surface area (Å²) in [4.78, 5) is 39.4. The standard InChI is InChI=1S/C23H23ClFNO4/c1-26(21(28)15-30-22(29)14-16-9-11-17(25)12-10-16)23(13-5-4-8-20(23)27)18-6-2-3-7-19(18)24/h2-3,6-7,9-12H,4-5,8,13-15H2,1H3. The minimum atomic E-state index is -1.17. The number of hydrogen-bond donors (Lipinski definition) is 0. The van der Waals surface area contributed by atoms with E-state index in [9.17, 15) is 18.8 Å². The SMILES string of the molecule is CN(C(=O)COC(=O)Cc1ccc(F)cc1)C1(c2ccccc2Cl)CCCCC1=O. The second kappa shape index (κ2) is 9.39. The van der Waals surface area contributed by atoms with E-state index in [1.165, 1.54) is 29.2 Å². The Morgan fingerprint density at radius 2 is 1.83 bits per heavy atom. The molecule has 0 bridgehead atoms. The Morgan fingerprint density at radius 3 is 2.50 bits per heavy atom. The molecule has 7 heteroatoms. The molecule has 1 atom stereocenters. The smallest absolute Gasteiger partial charge is 0.310 e. The van der Waals surface area contributed by atoms with Gasteiger partial charge in [0.1, 0.15) is 11.4 Å². The second-order valence-corrected chi connectivity index (χ2v) is 7.79. The van der Waals surface area contributed by atoms with Crippen molar-refractivity contribution in [2.75, 3.05) is 13.7 Å². The molecule has 1 unspecified atom stereocenters. The number of amides is 1. The van der Waals surface area contributed by atoms with Crippen molar-refractivity contribution in [1.82, 2.24) is 4.90 Å². The molecule has 0 saturated heterocycles. The fourth-order valence-electron chi connectivity index (χ4n) is 3.90. The first-order valence-corrected chi connectivity index (χ1v) is 10.2. The van der Waals surface area contributed by atoms with Crippen LogP contribution in [0.3, 0.4) is 0 Å². The summed E-state index contributed by atoms with van der Waals surface area (Å²) in [6, 6.07) is 12.5. The van der Waals surface area contributed by atoms with Crippen LogP contribution in [0.15, 0.2) is 48.5 Å². The summed E-state index contributed by atoms with van der Waals surface area (Å²) in [7, 11) is 1.54. The van der Waals surface area contributed by atoms with E-state index in [1.54, 1.807) is 31.3 Å². The largest absolute Gasteiger partial charge is 0.455 e. The van der Waals surface area contributed by atoms with Gasteiger partial charge in [0.2, 0.25) is 0 Å². The zero-order chi connectivity index (χ0) is 21.7. The van der Waals surface area contributed by atoms with Crippen LogP contribution in [0.4, 0.5) is 4.39 Å². The lowest BCUT2D eigenvalue weighted by atomic mass is 9.74. The van der Waals surface area contributed by atoms with Gasteiger partial charge in [-0.25, -0.2) is 4.39 Å². The maximum atomic E-state index is 13.0. The maximum absolute atomic E-state index is 13.0. The molecule has 1 fully saturated rings. The molecule has 158 valence electrons.